The van der Waals surface area contributed by atoms with Crippen LogP contribution in [0.4, 0.5) is 20.3 Å². The first kappa shape index (κ1) is 12.0. The van der Waals surface area contributed by atoms with Crippen LogP contribution < -0.4 is 5.32 Å². The Hall–Kier alpha value is -2.48. The van der Waals surface area contributed by atoms with Crippen LogP contribution in [0.5, 0.6) is 0 Å². The smallest absolute Gasteiger partial charge is 0.149 e. The molecule has 1 heterocycles. The fraction of sp³-hybridized carbons (Fsp3) is 0.0769. The number of benzene rings is 1. The Balaban J connectivity index is 2.34. The largest absolute Gasteiger partial charge is 0.338 e. The highest BCUT2D eigenvalue weighted by atomic mass is 19.1. The molecule has 1 aromatic carbocycles. The molecule has 0 aliphatic rings. The van der Waals surface area contributed by atoms with E-state index < -0.39 is 11.6 Å². The summed E-state index contributed by atoms with van der Waals surface area (Å²) in [6.45, 7) is 1.73. The minimum absolute atomic E-state index is 0.110. The van der Waals surface area contributed by atoms with Gasteiger partial charge < -0.3 is 5.32 Å². The van der Waals surface area contributed by atoms with Gasteiger partial charge in [-0.1, -0.05) is 0 Å². The van der Waals surface area contributed by atoms with Gasteiger partial charge in [0.1, 0.15) is 17.5 Å². The van der Waals surface area contributed by atoms with Crippen molar-refractivity contribution in [3.8, 4) is 6.07 Å². The van der Waals surface area contributed by atoms with Gasteiger partial charge in [-0.2, -0.15) is 5.26 Å². The Bertz CT molecular complexity index is 633. The molecule has 0 aliphatic heterocycles. The molecule has 2 rings (SSSR count). The Morgan fingerprint density at radius 3 is 2.67 bits per heavy atom. The van der Waals surface area contributed by atoms with Crippen molar-refractivity contribution in [3.05, 3.63) is 53.2 Å². The van der Waals surface area contributed by atoms with Crippen molar-refractivity contribution in [1.82, 2.24) is 4.98 Å². The van der Waals surface area contributed by atoms with Crippen molar-refractivity contribution in [2.75, 3.05) is 5.32 Å². The molecule has 0 aliphatic carbocycles. The number of hydrogen-bond donors (Lipinski definition) is 1. The molecule has 0 fully saturated rings. The number of halogens is 2. The van der Waals surface area contributed by atoms with Gasteiger partial charge in [-0.15, -0.1) is 0 Å². The van der Waals surface area contributed by atoms with Gasteiger partial charge in [0, 0.05) is 11.8 Å². The maximum Gasteiger partial charge on any atom is 0.149 e. The first-order chi connectivity index (χ1) is 8.58. The number of rotatable bonds is 2. The highest BCUT2D eigenvalue weighted by Gasteiger charge is 2.06. The van der Waals surface area contributed by atoms with Crippen LogP contribution in [0.3, 0.4) is 0 Å². The zero-order valence-corrected chi connectivity index (χ0v) is 9.54. The van der Waals surface area contributed by atoms with Gasteiger partial charge in [0.15, 0.2) is 0 Å². The third kappa shape index (κ3) is 2.61. The number of aromatic nitrogens is 1. The summed E-state index contributed by atoms with van der Waals surface area (Å²) in [7, 11) is 0. The maximum atomic E-state index is 13.4. The molecule has 0 amide bonds. The molecule has 0 atom stereocenters. The lowest BCUT2D eigenvalue weighted by Crippen LogP contribution is -1.98. The van der Waals surface area contributed by atoms with Gasteiger partial charge in [-0.05, 0) is 31.2 Å². The van der Waals surface area contributed by atoms with Crippen molar-refractivity contribution in [3.63, 3.8) is 0 Å². The molecule has 1 aromatic heterocycles. The van der Waals surface area contributed by atoms with E-state index in [0.717, 1.165) is 12.1 Å². The number of nitriles is 1. The van der Waals surface area contributed by atoms with Crippen molar-refractivity contribution in [2.45, 2.75) is 6.92 Å². The van der Waals surface area contributed by atoms with Crippen LogP contribution in [0, 0.1) is 29.9 Å². The molecule has 0 saturated carbocycles. The zero-order chi connectivity index (χ0) is 13.1. The lowest BCUT2D eigenvalue weighted by Gasteiger charge is -2.07. The van der Waals surface area contributed by atoms with Crippen LogP contribution in [0.15, 0.2) is 30.3 Å². The third-order valence-corrected chi connectivity index (χ3v) is 2.28. The van der Waals surface area contributed by atoms with E-state index in [0.29, 0.717) is 17.1 Å². The second-order valence-electron chi connectivity index (χ2n) is 3.74. The van der Waals surface area contributed by atoms with Gasteiger partial charge in [0.2, 0.25) is 0 Å². The Morgan fingerprint density at radius 1 is 1.22 bits per heavy atom. The summed E-state index contributed by atoms with van der Waals surface area (Å²) in [4.78, 5) is 4.12. The van der Waals surface area contributed by atoms with Crippen LogP contribution >= 0.6 is 0 Å². The fourth-order valence-corrected chi connectivity index (χ4v) is 1.53. The molecule has 3 nitrogen and oxygen atoms in total. The number of anilines is 2. The SMILES string of the molecule is Cc1cc(C#N)cc(Nc2ccc(F)cc2F)n1. The molecule has 0 bridgehead atoms. The van der Waals surface area contributed by atoms with Crippen molar-refractivity contribution >= 4 is 11.5 Å². The van der Waals surface area contributed by atoms with Crippen molar-refractivity contribution in [1.29, 1.82) is 5.26 Å². The lowest BCUT2D eigenvalue weighted by atomic mass is 10.2. The summed E-state index contributed by atoms with van der Waals surface area (Å²) in [5.41, 5.74) is 1.17. The van der Waals surface area contributed by atoms with Gasteiger partial charge in [0.25, 0.3) is 0 Å². The number of pyridine rings is 1. The number of nitrogens with zero attached hydrogens (tertiary/aromatic N) is 2. The summed E-state index contributed by atoms with van der Waals surface area (Å²) in [5, 5.41) is 11.5. The van der Waals surface area contributed by atoms with Gasteiger partial charge in [0.05, 0.1) is 17.3 Å². The fourth-order valence-electron chi connectivity index (χ4n) is 1.53. The Morgan fingerprint density at radius 2 is 2.00 bits per heavy atom. The molecule has 0 spiro atoms. The predicted octanol–water partition coefficient (Wildman–Crippen LogP) is 3.28. The first-order valence-electron chi connectivity index (χ1n) is 5.19. The Kier molecular flexibility index (Phi) is 3.20. The number of hydrogen-bond acceptors (Lipinski definition) is 3. The summed E-state index contributed by atoms with van der Waals surface area (Å²) < 4.78 is 26.2. The van der Waals surface area contributed by atoms with Crippen LogP contribution in [0.1, 0.15) is 11.3 Å². The average molecular weight is 245 g/mol. The Labute approximate surface area is 103 Å². The summed E-state index contributed by atoms with van der Waals surface area (Å²) in [6.07, 6.45) is 0. The van der Waals surface area contributed by atoms with Gasteiger partial charge in [-0.3, -0.25) is 0 Å². The molecular weight excluding hydrogens is 236 g/mol. The van der Waals surface area contributed by atoms with Crippen molar-refractivity contribution < 1.29 is 8.78 Å². The average Bonchev–Trinajstić information content (AvgIpc) is 2.32. The molecule has 2 aromatic rings. The van der Waals surface area contributed by atoms with Crippen LogP contribution in [0.2, 0.25) is 0 Å². The van der Waals surface area contributed by atoms with E-state index in [1.54, 1.807) is 13.0 Å². The zero-order valence-electron chi connectivity index (χ0n) is 9.54. The van der Waals surface area contributed by atoms with Crippen LogP contribution in [-0.4, -0.2) is 4.98 Å². The number of aryl methyl sites for hydroxylation is 1. The highest BCUT2D eigenvalue weighted by Crippen LogP contribution is 2.20. The molecular formula is C13H9F2N3. The molecule has 0 unspecified atom stereocenters. The highest BCUT2D eigenvalue weighted by molar-refractivity contribution is 5.58. The molecule has 5 heteroatoms. The molecule has 0 saturated heterocycles. The van der Waals surface area contributed by atoms with Gasteiger partial charge in [-0.25, -0.2) is 13.8 Å². The minimum Gasteiger partial charge on any atom is -0.338 e. The summed E-state index contributed by atoms with van der Waals surface area (Å²) in [6, 6.07) is 8.30. The molecule has 0 radical (unpaired) electrons. The predicted molar refractivity (Wildman–Crippen MR) is 63.3 cm³/mol. The van der Waals surface area contributed by atoms with Gasteiger partial charge >= 0.3 is 0 Å². The summed E-state index contributed by atoms with van der Waals surface area (Å²) >= 11 is 0. The summed E-state index contributed by atoms with van der Waals surface area (Å²) in [5.74, 6) is -1.01. The quantitative estimate of drug-likeness (QED) is 0.883. The van der Waals surface area contributed by atoms with E-state index in [1.807, 2.05) is 6.07 Å². The standard InChI is InChI=1S/C13H9F2N3/c1-8-4-9(7-16)5-13(17-8)18-12-3-2-10(14)6-11(12)15/h2-6H,1H3,(H,17,18). The third-order valence-electron chi connectivity index (χ3n) is 2.28. The second kappa shape index (κ2) is 4.80. The van der Waals surface area contributed by atoms with Crippen molar-refractivity contribution in [2.24, 2.45) is 0 Å². The normalized spacial score (nSPS) is 9.89. The van der Waals surface area contributed by atoms with E-state index in [4.69, 9.17) is 5.26 Å². The topological polar surface area (TPSA) is 48.7 Å². The van der Waals surface area contributed by atoms with Crippen LogP contribution in [0.25, 0.3) is 0 Å². The first-order valence-corrected chi connectivity index (χ1v) is 5.19. The molecule has 1 N–H and O–H groups in total. The monoisotopic (exact) mass is 245 g/mol. The van der Waals surface area contributed by atoms with E-state index >= 15 is 0 Å². The minimum atomic E-state index is -0.711. The van der Waals surface area contributed by atoms with Crippen LogP contribution in [-0.2, 0) is 0 Å². The maximum absolute atomic E-state index is 13.4. The lowest BCUT2D eigenvalue weighted by molar-refractivity contribution is 0.586. The van der Waals surface area contributed by atoms with E-state index in [2.05, 4.69) is 10.3 Å². The number of nitrogens with one attached hydrogen (secondary N) is 1. The molecule has 90 valence electrons. The second-order valence-corrected chi connectivity index (χ2v) is 3.74. The van der Waals surface area contributed by atoms with E-state index in [9.17, 15) is 8.78 Å². The van der Waals surface area contributed by atoms with E-state index in [-0.39, 0.29) is 5.69 Å². The molecule has 18 heavy (non-hydrogen) atoms. The van der Waals surface area contributed by atoms with E-state index in [1.165, 1.54) is 12.1 Å².